The fourth-order valence-electron chi connectivity index (χ4n) is 12.1. The molecule has 2 bridgehead atoms. The van der Waals surface area contributed by atoms with Crippen LogP contribution in [-0.2, 0) is 17.5 Å². The first-order valence-corrected chi connectivity index (χ1v) is 18.0. The summed E-state index contributed by atoms with van der Waals surface area (Å²) in [5, 5.41) is 13.2. The summed E-state index contributed by atoms with van der Waals surface area (Å²) < 4.78 is 48.1. The summed E-state index contributed by atoms with van der Waals surface area (Å²) in [7, 11) is 0. The predicted molar refractivity (Wildman–Crippen MR) is 183 cm³/mol. The van der Waals surface area contributed by atoms with Crippen molar-refractivity contribution in [1.82, 2.24) is 4.90 Å². The molecule has 6 aliphatic carbocycles. The molecule has 3 spiro atoms. The molecule has 8 heteroatoms. The second-order valence-corrected chi connectivity index (χ2v) is 16.5. The zero-order chi connectivity index (χ0) is 34.9. The third-order valence-electron chi connectivity index (χ3n) is 14.6. The van der Waals surface area contributed by atoms with Crippen molar-refractivity contribution in [2.24, 2.45) is 33.5 Å². The van der Waals surface area contributed by atoms with Crippen LogP contribution in [0.4, 0.5) is 18.0 Å². The molecule has 7 aliphatic rings. The number of carbonyl (C=O) groups is 2. The quantitative estimate of drug-likeness (QED) is 0.220. The van der Waals surface area contributed by atoms with Crippen molar-refractivity contribution < 1.29 is 32.6 Å². The smallest absolute Gasteiger partial charge is 0.416 e. The van der Waals surface area contributed by atoms with Gasteiger partial charge in [0.15, 0.2) is 5.78 Å². The second kappa shape index (κ2) is 10.3. The van der Waals surface area contributed by atoms with Crippen LogP contribution in [0.5, 0.6) is 0 Å². The predicted octanol–water partition coefficient (Wildman–Crippen LogP) is 9.29. The Bertz CT molecular complexity index is 2020. The average molecular weight is 682 g/mol. The number of carbonyl (C=O) groups excluding carboxylic acids is 2. The Morgan fingerprint density at radius 1 is 0.920 bits per heavy atom. The standard InChI is InChI=1S/C42H42F3NO4/c1-37-16-13-30(47)22-39(37)19-20-41(32(23-39)35(48)27-9-6-11-29(21-27)42(43,44)45)33(37)14-17-38(2)34(41)15-18-40(38)25-46(36(49)50-40)24-28-10-5-8-26-7-3-4-12-31(26)28/h3-12,19-21,23,30,33-34,47H,13-18,22,24-25H2,1-2H3/t30-,33+,34+,37+,38-,39-,40+,41-/m0/s1. The molecule has 1 heterocycles. The lowest BCUT2D eigenvalue weighted by Gasteiger charge is -2.71. The number of amides is 1. The van der Waals surface area contributed by atoms with E-state index in [1.807, 2.05) is 23.1 Å². The van der Waals surface area contributed by atoms with Gasteiger partial charge < -0.3 is 9.84 Å². The summed E-state index contributed by atoms with van der Waals surface area (Å²) in [6, 6.07) is 19.1. The Labute approximate surface area is 290 Å². The first-order valence-electron chi connectivity index (χ1n) is 18.0. The fraction of sp³-hybridized carbons (Fsp3) is 0.476. The highest BCUT2D eigenvalue weighted by atomic mass is 19.4. The van der Waals surface area contributed by atoms with Gasteiger partial charge in [-0.1, -0.05) is 86.7 Å². The van der Waals surface area contributed by atoms with Crippen molar-refractivity contribution in [2.45, 2.75) is 83.2 Å². The lowest BCUT2D eigenvalue weighted by molar-refractivity contribution is -0.164. The summed E-state index contributed by atoms with van der Waals surface area (Å²) in [5.41, 5.74) is -1.98. The van der Waals surface area contributed by atoms with Crippen LogP contribution < -0.4 is 0 Å². The minimum atomic E-state index is -4.58. The molecular formula is C42H42F3NO4. The number of Topliss-reactive ketones (excluding diaryl/α,β-unsaturated/α-hetero) is 1. The summed E-state index contributed by atoms with van der Waals surface area (Å²) in [6.45, 7) is 5.41. The molecule has 1 aliphatic heterocycles. The lowest BCUT2D eigenvalue weighted by atomic mass is 9.32. The van der Waals surface area contributed by atoms with Crippen molar-refractivity contribution in [1.29, 1.82) is 0 Å². The van der Waals surface area contributed by atoms with Gasteiger partial charge in [0.25, 0.3) is 0 Å². The molecule has 4 fully saturated rings. The summed E-state index contributed by atoms with van der Waals surface area (Å²) in [5.74, 6) is -0.393. The number of rotatable bonds is 4. The Morgan fingerprint density at radius 2 is 1.64 bits per heavy atom. The third kappa shape index (κ3) is 4.05. The average Bonchev–Trinajstić information content (AvgIpc) is 3.58. The molecule has 1 amide bonds. The molecule has 1 N–H and O–H groups in total. The number of aliphatic hydroxyl groups excluding tert-OH is 1. The van der Waals surface area contributed by atoms with Crippen molar-refractivity contribution >= 4 is 22.6 Å². The Morgan fingerprint density at radius 3 is 2.46 bits per heavy atom. The van der Waals surface area contributed by atoms with Gasteiger partial charge in [-0.2, -0.15) is 13.2 Å². The van der Waals surface area contributed by atoms with Crippen LogP contribution in [0.2, 0.25) is 0 Å². The van der Waals surface area contributed by atoms with Gasteiger partial charge in [-0.05, 0) is 90.7 Å². The van der Waals surface area contributed by atoms with E-state index in [1.165, 1.54) is 12.1 Å². The maximum absolute atomic E-state index is 14.8. The Kier molecular flexibility index (Phi) is 6.62. The molecule has 3 aromatic rings. The van der Waals surface area contributed by atoms with Gasteiger partial charge in [-0.25, -0.2) is 4.79 Å². The van der Waals surface area contributed by atoms with E-state index in [2.05, 4.69) is 56.3 Å². The number of nitrogens with zero attached hydrogens (tertiary/aromatic N) is 1. The number of benzene rings is 3. The largest absolute Gasteiger partial charge is 0.440 e. The van der Waals surface area contributed by atoms with Crippen LogP contribution >= 0.6 is 0 Å². The van der Waals surface area contributed by atoms with Gasteiger partial charge in [0.05, 0.1) is 18.2 Å². The van der Waals surface area contributed by atoms with Gasteiger partial charge in [0, 0.05) is 33.9 Å². The number of hydrogen-bond donors (Lipinski definition) is 1. The number of aliphatic hydroxyl groups is 1. The number of hydrogen-bond acceptors (Lipinski definition) is 4. The van der Waals surface area contributed by atoms with E-state index in [1.54, 1.807) is 0 Å². The van der Waals surface area contributed by atoms with E-state index in [-0.39, 0.29) is 34.7 Å². The summed E-state index contributed by atoms with van der Waals surface area (Å²) in [4.78, 5) is 30.4. The first kappa shape index (κ1) is 32.0. The minimum absolute atomic E-state index is 0.0307. The summed E-state index contributed by atoms with van der Waals surface area (Å²) in [6.07, 6.45) is 6.01. The van der Waals surface area contributed by atoms with E-state index in [0.717, 1.165) is 54.2 Å². The molecular weight excluding hydrogens is 639 g/mol. The van der Waals surface area contributed by atoms with Crippen molar-refractivity contribution in [2.75, 3.05) is 6.54 Å². The Balaban J connectivity index is 1.13. The molecule has 0 radical (unpaired) electrons. The molecule has 3 aromatic carbocycles. The lowest BCUT2D eigenvalue weighted by Crippen LogP contribution is -2.67. The van der Waals surface area contributed by atoms with E-state index in [0.29, 0.717) is 37.9 Å². The number of alkyl halides is 3. The molecule has 3 saturated carbocycles. The monoisotopic (exact) mass is 681 g/mol. The highest BCUT2D eigenvalue weighted by Gasteiger charge is 2.76. The molecule has 8 atom stereocenters. The van der Waals surface area contributed by atoms with Gasteiger partial charge in [-0.15, -0.1) is 0 Å². The fourth-order valence-corrected chi connectivity index (χ4v) is 12.1. The third-order valence-corrected chi connectivity index (χ3v) is 14.6. The Hall–Kier alpha value is -3.91. The number of fused-ring (bicyclic) bond motifs is 3. The molecule has 5 nitrogen and oxygen atoms in total. The van der Waals surface area contributed by atoms with Crippen molar-refractivity contribution in [3.8, 4) is 0 Å². The van der Waals surface area contributed by atoms with E-state index in [9.17, 15) is 27.9 Å². The molecule has 260 valence electrons. The highest BCUT2D eigenvalue weighted by Crippen LogP contribution is 2.79. The van der Waals surface area contributed by atoms with Gasteiger partial charge in [0.2, 0.25) is 0 Å². The number of ether oxygens (including phenoxy) is 1. The maximum Gasteiger partial charge on any atom is 0.416 e. The van der Waals surface area contributed by atoms with Crippen molar-refractivity contribution in [3.05, 3.63) is 107 Å². The number of ketones is 1. The van der Waals surface area contributed by atoms with Crippen LogP contribution in [0.1, 0.15) is 80.3 Å². The zero-order valence-electron chi connectivity index (χ0n) is 28.4. The molecule has 10 rings (SSSR count). The number of halogens is 3. The van der Waals surface area contributed by atoms with E-state index in [4.69, 9.17) is 4.74 Å². The topological polar surface area (TPSA) is 66.8 Å². The van der Waals surface area contributed by atoms with Crippen LogP contribution in [0.25, 0.3) is 10.8 Å². The second-order valence-electron chi connectivity index (χ2n) is 16.5. The molecule has 50 heavy (non-hydrogen) atoms. The van der Waals surface area contributed by atoms with Gasteiger partial charge in [0.1, 0.15) is 5.60 Å². The van der Waals surface area contributed by atoms with Crippen molar-refractivity contribution in [3.63, 3.8) is 0 Å². The molecule has 0 aromatic heterocycles. The van der Waals surface area contributed by atoms with Crippen LogP contribution in [-0.4, -0.2) is 40.1 Å². The minimum Gasteiger partial charge on any atom is -0.440 e. The van der Waals surface area contributed by atoms with E-state index >= 15 is 0 Å². The maximum atomic E-state index is 14.8. The van der Waals surface area contributed by atoms with Gasteiger partial charge >= 0.3 is 12.3 Å². The van der Waals surface area contributed by atoms with Crippen LogP contribution in [0, 0.1) is 33.5 Å². The molecule has 1 saturated heterocycles. The SMILES string of the molecule is C[C@]12CC[C@H]3[C@@]4(C=C[C@@]5(C=C4C(=O)c4cccc(C(F)(F)F)c4)C[C@@H](O)CC[C@]35C)[C@@H]1CC[C@@]21CN(Cc2cccc3ccccc23)C(=O)O1. The van der Waals surface area contributed by atoms with Gasteiger partial charge in [-0.3, -0.25) is 9.69 Å². The van der Waals surface area contributed by atoms with Crippen LogP contribution in [0.15, 0.2) is 90.5 Å². The normalized spacial score (nSPS) is 38.5. The molecule has 0 unspecified atom stereocenters. The van der Waals surface area contributed by atoms with E-state index < -0.39 is 39.7 Å². The first-order chi connectivity index (χ1) is 23.8. The zero-order valence-corrected chi connectivity index (χ0v) is 28.4. The summed E-state index contributed by atoms with van der Waals surface area (Å²) >= 11 is 0. The highest BCUT2D eigenvalue weighted by molar-refractivity contribution is 6.10. The number of allylic oxidation sites excluding steroid dienone is 4. The van der Waals surface area contributed by atoms with Crippen LogP contribution in [0.3, 0.4) is 0 Å².